The molecule has 0 spiro atoms. The average Bonchev–Trinajstić information content (AvgIpc) is 2.89. The Kier molecular flexibility index (Phi) is 4.03. The van der Waals surface area contributed by atoms with Crippen molar-refractivity contribution >= 4 is 16.7 Å². The molecule has 2 heterocycles. The second-order valence-electron chi connectivity index (χ2n) is 3.78. The van der Waals surface area contributed by atoms with Gasteiger partial charge in [-0.1, -0.05) is 6.92 Å². The summed E-state index contributed by atoms with van der Waals surface area (Å²) in [6, 6.07) is 0. The highest BCUT2D eigenvalue weighted by Gasteiger charge is 2.03. The molecule has 2 aromatic heterocycles. The van der Waals surface area contributed by atoms with Crippen LogP contribution >= 0.6 is 11.5 Å². The Bertz CT molecular complexity index is 463. The summed E-state index contributed by atoms with van der Waals surface area (Å²) in [5.74, 6) is 1.77. The fraction of sp³-hybridized carbons (Fsp3) is 0.600. The Morgan fingerprint density at radius 2 is 2.24 bits per heavy atom. The number of hydrogen-bond acceptors (Lipinski definition) is 6. The molecule has 2 aromatic rings. The van der Waals surface area contributed by atoms with Crippen molar-refractivity contribution in [2.45, 2.75) is 26.2 Å². The molecule has 0 amide bonds. The first kappa shape index (κ1) is 12.0. The Labute approximate surface area is 104 Å². The van der Waals surface area contributed by atoms with Gasteiger partial charge in [0.05, 0.1) is 0 Å². The first-order valence-electron chi connectivity index (χ1n) is 5.69. The molecule has 0 saturated carbocycles. The van der Waals surface area contributed by atoms with Crippen LogP contribution in [0.1, 0.15) is 25.0 Å². The van der Waals surface area contributed by atoms with Crippen LogP contribution in [0.5, 0.6) is 0 Å². The highest BCUT2D eigenvalue weighted by molar-refractivity contribution is 7.09. The Balaban J connectivity index is 1.77. The quantitative estimate of drug-likeness (QED) is 0.838. The van der Waals surface area contributed by atoms with Gasteiger partial charge in [-0.2, -0.15) is 9.47 Å². The van der Waals surface area contributed by atoms with Crippen LogP contribution < -0.4 is 5.32 Å². The first-order chi connectivity index (χ1) is 8.28. The van der Waals surface area contributed by atoms with Crippen molar-refractivity contribution in [3.8, 4) is 0 Å². The predicted octanol–water partition coefficient (Wildman–Crippen LogP) is 1.27. The SMILES string of the molecule is CCCc1nsc(NCCc2ncn(C)n2)n1. The molecule has 7 heteroatoms. The predicted molar refractivity (Wildman–Crippen MR) is 67.1 cm³/mol. The zero-order chi connectivity index (χ0) is 12.1. The smallest absolute Gasteiger partial charge is 0.202 e. The van der Waals surface area contributed by atoms with Crippen LogP contribution in [0, 0.1) is 0 Å². The highest BCUT2D eigenvalue weighted by atomic mass is 32.1. The number of nitrogens with zero attached hydrogens (tertiary/aromatic N) is 5. The van der Waals surface area contributed by atoms with Crippen molar-refractivity contribution in [1.29, 1.82) is 0 Å². The van der Waals surface area contributed by atoms with Gasteiger partial charge in [0.1, 0.15) is 12.2 Å². The van der Waals surface area contributed by atoms with Gasteiger partial charge in [-0.15, -0.1) is 0 Å². The molecular formula is C10H16N6S. The molecule has 0 aliphatic rings. The van der Waals surface area contributed by atoms with E-state index in [1.807, 2.05) is 7.05 Å². The molecule has 0 saturated heterocycles. The largest absolute Gasteiger partial charge is 0.360 e. The van der Waals surface area contributed by atoms with Crippen LogP contribution in [0.4, 0.5) is 5.13 Å². The van der Waals surface area contributed by atoms with Crippen molar-refractivity contribution < 1.29 is 0 Å². The zero-order valence-corrected chi connectivity index (χ0v) is 10.9. The number of rotatable bonds is 6. The molecule has 0 aromatic carbocycles. The van der Waals surface area contributed by atoms with E-state index in [0.717, 1.165) is 42.6 Å². The van der Waals surface area contributed by atoms with Crippen molar-refractivity contribution in [2.75, 3.05) is 11.9 Å². The van der Waals surface area contributed by atoms with Gasteiger partial charge >= 0.3 is 0 Å². The lowest BCUT2D eigenvalue weighted by Crippen LogP contribution is -2.06. The molecule has 0 unspecified atom stereocenters. The summed E-state index contributed by atoms with van der Waals surface area (Å²) < 4.78 is 5.98. The fourth-order valence-corrected chi connectivity index (χ4v) is 2.07. The summed E-state index contributed by atoms with van der Waals surface area (Å²) in [5.41, 5.74) is 0. The van der Waals surface area contributed by atoms with Crippen LogP contribution in [0.2, 0.25) is 0 Å². The standard InChI is InChI=1S/C10H16N6S/c1-3-4-9-13-10(17-15-9)11-6-5-8-12-7-16(2)14-8/h7H,3-6H2,1-2H3,(H,11,13,15). The summed E-state index contributed by atoms with van der Waals surface area (Å²) >= 11 is 1.41. The third kappa shape index (κ3) is 3.48. The van der Waals surface area contributed by atoms with Gasteiger partial charge < -0.3 is 5.32 Å². The maximum absolute atomic E-state index is 4.39. The van der Waals surface area contributed by atoms with E-state index in [1.165, 1.54) is 11.5 Å². The summed E-state index contributed by atoms with van der Waals surface area (Å²) in [6.07, 6.45) is 4.52. The van der Waals surface area contributed by atoms with E-state index in [-0.39, 0.29) is 0 Å². The lowest BCUT2D eigenvalue weighted by Gasteiger charge is -1.98. The molecule has 0 aliphatic carbocycles. The molecule has 6 nitrogen and oxygen atoms in total. The second kappa shape index (κ2) is 5.72. The Morgan fingerprint density at radius 1 is 1.35 bits per heavy atom. The van der Waals surface area contributed by atoms with Crippen LogP contribution in [-0.2, 0) is 19.9 Å². The van der Waals surface area contributed by atoms with E-state index in [4.69, 9.17) is 0 Å². The minimum Gasteiger partial charge on any atom is -0.360 e. The van der Waals surface area contributed by atoms with Crippen molar-refractivity contribution in [3.63, 3.8) is 0 Å². The molecule has 0 bridgehead atoms. The van der Waals surface area contributed by atoms with E-state index in [0.29, 0.717) is 0 Å². The number of nitrogens with one attached hydrogen (secondary N) is 1. The number of aromatic nitrogens is 5. The number of aryl methyl sites for hydroxylation is 2. The maximum Gasteiger partial charge on any atom is 0.202 e. The minimum absolute atomic E-state index is 0.783. The third-order valence-electron chi connectivity index (χ3n) is 2.21. The van der Waals surface area contributed by atoms with Crippen molar-refractivity contribution in [1.82, 2.24) is 24.1 Å². The number of anilines is 1. The highest BCUT2D eigenvalue weighted by Crippen LogP contribution is 2.11. The topological polar surface area (TPSA) is 68.5 Å². The average molecular weight is 252 g/mol. The van der Waals surface area contributed by atoms with E-state index >= 15 is 0 Å². The van der Waals surface area contributed by atoms with Crippen molar-refractivity contribution in [2.24, 2.45) is 7.05 Å². The molecule has 92 valence electrons. The van der Waals surface area contributed by atoms with Gasteiger partial charge in [-0.25, -0.2) is 9.97 Å². The lowest BCUT2D eigenvalue weighted by molar-refractivity contribution is 0.742. The lowest BCUT2D eigenvalue weighted by atomic mass is 10.3. The molecule has 17 heavy (non-hydrogen) atoms. The van der Waals surface area contributed by atoms with Gasteiger partial charge in [-0.3, -0.25) is 4.68 Å². The zero-order valence-electron chi connectivity index (χ0n) is 10.1. The van der Waals surface area contributed by atoms with Crippen molar-refractivity contribution in [3.05, 3.63) is 18.0 Å². The minimum atomic E-state index is 0.783. The van der Waals surface area contributed by atoms with Crippen LogP contribution in [0.15, 0.2) is 6.33 Å². The molecule has 0 atom stereocenters. The van der Waals surface area contributed by atoms with Gasteiger partial charge in [0, 0.05) is 38.0 Å². The molecule has 0 aliphatic heterocycles. The monoisotopic (exact) mass is 252 g/mol. The maximum atomic E-state index is 4.39. The summed E-state index contributed by atoms with van der Waals surface area (Å²) in [4.78, 5) is 8.55. The van der Waals surface area contributed by atoms with E-state index in [1.54, 1.807) is 11.0 Å². The van der Waals surface area contributed by atoms with Gasteiger partial charge in [0.25, 0.3) is 0 Å². The molecule has 0 radical (unpaired) electrons. The van der Waals surface area contributed by atoms with E-state index < -0.39 is 0 Å². The third-order valence-corrected chi connectivity index (χ3v) is 2.92. The van der Waals surface area contributed by atoms with Gasteiger partial charge in [-0.05, 0) is 6.42 Å². The summed E-state index contributed by atoms with van der Waals surface area (Å²) in [7, 11) is 1.87. The molecular weight excluding hydrogens is 236 g/mol. The summed E-state index contributed by atoms with van der Waals surface area (Å²) in [6.45, 7) is 2.91. The molecule has 0 fully saturated rings. The van der Waals surface area contributed by atoms with Crippen LogP contribution in [0.3, 0.4) is 0 Å². The van der Waals surface area contributed by atoms with Crippen LogP contribution in [0.25, 0.3) is 0 Å². The normalized spacial score (nSPS) is 10.7. The number of hydrogen-bond donors (Lipinski definition) is 1. The fourth-order valence-electron chi connectivity index (χ4n) is 1.43. The molecule has 2 rings (SSSR count). The van der Waals surface area contributed by atoms with E-state index in [2.05, 4.69) is 31.7 Å². The Morgan fingerprint density at radius 3 is 2.94 bits per heavy atom. The van der Waals surface area contributed by atoms with Gasteiger partial charge in [0.15, 0.2) is 5.82 Å². The first-order valence-corrected chi connectivity index (χ1v) is 6.46. The van der Waals surface area contributed by atoms with E-state index in [9.17, 15) is 0 Å². The summed E-state index contributed by atoms with van der Waals surface area (Å²) in [5, 5.41) is 8.33. The Hall–Kier alpha value is -1.50. The second-order valence-corrected chi connectivity index (χ2v) is 4.53. The van der Waals surface area contributed by atoms with Crippen LogP contribution in [-0.4, -0.2) is 30.7 Å². The van der Waals surface area contributed by atoms with Gasteiger partial charge in [0.2, 0.25) is 5.13 Å². The molecule has 1 N–H and O–H groups in total.